The first-order valence-corrected chi connectivity index (χ1v) is 9.70. The maximum Gasteiger partial charge on any atom is 0.256 e. The van der Waals surface area contributed by atoms with Crippen LogP contribution in [-0.2, 0) is 6.54 Å². The highest BCUT2D eigenvalue weighted by Crippen LogP contribution is 2.19. The summed E-state index contributed by atoms with van der Waals surface area (Å²) in [6, 6.07) is 20.1. The number of rotatable bonds is 5. The second kappa shape index (κ2) is 8.60. The first-order chi connectivity index (χ1) is 14.2. The molecule has 0 saturated carbocycles. The van der Waals surface area contributed by atoms with Crippen LogP contribution >= 0.6 is 0 Å². The molecule has 148 valence electrons. The van der Waals surface area contributed by atoms with Crippen molar-refractivity contribution >= 4 is 23.4 Å². The van der Waals surface area contributed by atoms with E-state index in [1.54, 1.807) is 0 Å². The molecule has 1 fully saturated rings. The first-order valence-electron chi connectivity index (χ1n) is 9.70. The molecule has 4 rings (SSSR count). The molecule has 0 aliphatic carbocycles. The van der Waals surface area contributed by atoms with Gasteiger partial charge in [-0.1, -0.05) is 48.5 Å². The zero-order valence-corrected chi connectivity index (χ0v) is 16.2. The molecule has 2 heterocycles. The van der Waals surface area contributed by atoms with Gasteiger partial charge in [0, 0.05) is 44.6 Å². The second-order valence-electron chi connectivity index (χ2n) is 6.95. The maximum absolute atomic E-state index is 12.4. The van der Waals surface area contributed by atoms with Gasteiger partial charge in [-0.05, 0) is 17.7 Å². The smallest absolute Gasteiger partial charge is 0.256 e. The molecule has 1 amide bonds. The van der Waals surface area contributed by atoms with Gasteiger partial charge < -0.3 is 20.9 Å². The highest BCUT2D eigenvalue weighted by atomic mass is 16.1. The van der Waals surface area contributed by atoms with Crippen molar-refractivity contribution in [2.24, 2.45) is 0 Å². The molecule has 7 heteroatoms. The van der Waals surface area contributed by atoms with E-state index in [9.17, 15) is 4.79 Å². The zero-order chi connectivity index (χ0) is 20.1. The Morgan fingerprint density at radius 2 is 1.55 bits per heavy atom. The molecule has 3 aromatic rings. The molecule has 1 aliphatic heterocycles. The van der Waals surface area contributed by atoms with E-state index in [1.165, 1.54) is 11.9 Å². The molecule has 0 spiro atoms. The minimum atomic E-state index is -0.271. The van der Waals surface area contributed by atoms with Crippen molar-refractivity contribution in [3.05, 3.63) is 78.0 Å². The molecule has 0 unspecified atom stereocenters. The molecule has 0 bridgehead atoms. The number of para-hydroxylation sites is 1. The molecule has 1 aliphatic rings. The van der Waals surface area contributed by atoms with Gasteiger partial charge >= 0.3 is 0 Å². The van der Waals surface area contributed by atoms with Crippen LogP contribution in [0.4, 0.5) is 17.5 Å². The molecule has 1 saturated heterocycles. The number of nitrogens with zero attached hydrogens (tertiary/aromatic N) is 4. The molecule has 3 N–H and O–H groups in total. The Morgan fingerprint density at radius 3 is 2.21 bits per heavy atom. The van der Waals surface area contributed by atoms with E-state index < -0.39 is 0 Å². The van der Waals surface area contributed by atoms with Crippen LogP contribution in [0.3, 0.4) is 0 Å². The number of amides is 1. The number of nitrogens with one attached hydrogen (secondary N) is 1. The fourth-order valence-corrected chi connectivity index (χ4v) is 3.39. The Hall–Kier alpha value is -3.61. The number of nitrogens with two attached hydrogens (primary N) is 1. The molecule has 29 heavy (non-hydrogen) atoms. The summed E-state index contributed by atoms with van der Waals surface area (Å²) in [4.78, 5) is 25.6. The topological polar surface area (TPSA) is 87.4 Å². The average molecular weight is 388 g/mol. The van der Waals surface area contributed by atoms with Crippen LogP contribution in [0.5, 0.6) is 0 Å². The van der Waals surface area contributed by atoms with Crippen LogP contribution in [-0.4, -0.2) is 42.1 Å². The number of carbonyl (C=O) groups is 1. The van der Waals surface area contributed by atoms with E-state index in [2.05, 4.69) is 37.2 Å². The van der Waals surface area contributed by atoms with Gasteiger partial charge in [-0.25, -0.2) is 4.98 Å². The van der Waals surface area contributed by atoms with Crippen molar-refractivity contribution in [2.75, 3.05) is 41.7 Å². The SMILES string of the molecule is Nc1nc(N2CCN(c3ccccc3)CC2)ncc1C(=O)NCc1ccccc1. The molecule has 7 nitrogen and oxygen atoms in total. The average Bonchev–Trinajstić information content (AvgIpc) is 2.79. The van der Waals surface area contributed by atoms with E-state index in [4.69, 9.17) is 5.73 Å². The summed E-state index contributed by atoms with van der Waals surface area (Å²) in [6.07, 6.45) is 1.52. The quantitative estimate of drug-likeness (QED) is 0.698. The lowest BCUT2D eigenvalue weighted by Crippen LogP contribution is -2.47. The van der Waals surface area contributed by atoms with Gasteiger partial charge in [-0.15, -0.1) is 0 Å². The number of anilines is 3. The van der Waals surface area contributed by atoms with Gasteiger partial charge in [-0.3, -0.25) is 4.79 Å². The summed E-state index contributed by atoms with van der Waals surface area (Å²) in [5, 5.41) is 2.86. The number of carbonyl (C=O) groups excluding carboxylic acids is 1. The number of piperazine rings is 1. The van der Waals surface area contributed by atoms with E-state index in [-0.39, 0.29) is 11.7 Å². The van der Waals surface area contributed by atoms with Crippen molar-refractivity contribution in [1.82, 2.24) is 15.3 Å². The van der Waals surface area contributed by atoms with Crippen LogP contribution in [0.25, 0.3) is 0 Å². The van der Waals surface area contributed by atoms with Crippen molar-refractivity contribution in [2.45, 2.75) is 6.54 Å². The van der Waals surface area contributed by atoms with Crippen molar-refractivity contribution in [3.8, 4) is 0 Å². The Kier molecular flexibility index (Phi) is 5.56. The van der Waals surface area contributed by atoms with E-state index >= 15 is 0 Å². The second-order valence-corrected chi connectivity index (χ2v) is 6.95. The number of hydrogen-bond acceptors (Lipinski definition) is 6. The Labute approximate surface area is 170 Å². The van der Waals surface area contributed by atoms with Gasteiger partial charge in [-0.2, -0.15) is 4.98 Å². The van der Waals surface area contributed by atoms with Gasteiger partial charge in [0.15, 0.2) is 0 Å². The third-order valence-electron chi connectivity index (χ3n) is 5.03. The summed E-state index contributed by atoms with van der Waals surface area (Å²) in [5.74, 6) is 0.493. The fraction of sp³-hybridized carbons (Fsp3) is 0.227. The van der Waals surface area contributed by atoms with Gasteiger partial charge in [0.2, 0.25) is 5.95 Å². The molecule has 0 atom stereocenters. The van der Waals surface area contributed by atoms with Crippen molar-refractivity contribution in [3.63, 3.8) is 0 Å². The monoisotopic (exact) mass is 388 g/mol. The molecule has 0 radical (unpaired) electrons. The van der Waals surface area contributed by atoms with Crippen LogP contribution < -0.4 is 20.9 Å². The van der Waals surface area contributed by atoms with Crippen LogP contribution in [0, 0.1) is 0 Å². The Bertz CT molecular complexity index is 956. The van der Waals surface area contributed by atoms with E-state index in [0.29, 0.717) is 18.1 Å². The molecule has 1 aromatic heterocycles. The molecular formula is C22H24N6O. The third kappa shape index (κ3) is 4.45. The van der Waals surface area contributed by atoms with Gasteiger partial charge in [0.1, 0.15) is 5.82 Å². The highest BCUT2D eigenvalue weighted by molar-refractivity contribution is 5.98. The Morgan fingerprint density at radius 1 is 0.931 bits per heavy atom. The summed E-state index contributed by atoms with van der Waals surface area (Å²) in [5.41, 5.74) is 8.61. The van der Waals surface area contributed by atoms with Crippen LogP contribution in [0.1, 0.15) is 15.9 Å². The lowest BCUT2D eigenvalue weighted by molar-refractivity contribution is 0.0951. The normalized spacial score (nSPS) is 13.9. The number of aromatic nitrogens is 2. The van der Waals surface area contributed by atoms with E-state index in [1.807, 2.05) is 48.5 Å². The predicted molar refractivity (Wildman–Crippen MR) is 115 cm³/mol. The van der Waals surface area contributed by atoms with Crippen LogP contribution in [0.2, 0.25) is 0 Å². The predicted octanol–water partition coefficient (Wildman–Crippen LogP) is 2.32. The zero-order valence-electron chi connectivity index (χ0n) is 16.2. The van der Waals surface area contributed by atoms with Crippen molar-refractivity contribution in [1.29, 1.82) is 0 Å². The number of nitrogen functional groups attached to an aromatic ring is 1. The summed E-state index contributed by atoms with van der Waals surface area (Å²) < 4.78 is 0. The molecular weight excluding hydrogens is 364 g/mol. The Balaban J connectivity index is 1.37. The molecule has 2 aromatic carbocycles. The largest absolute Gasteiger partial charge is 0.383 e. The third-order valence-corrected chi connectivity index (χ3v) is 5.03. The lowest BCUT2D eigenvalue weighted by atomic mass is 10.2. The fourth-order valence-electron chi connectivity index (χ4n) is 3.39. The first kappa shape index (κ1) is 18.7. The highest BCUT2D eigenvalue weighted by Gasteiger charge is 2.21. The van der Waals surface area contributed by atoms with E-state index in [0.717, 1.165) is 31.7 Å². The summed E-state index contributed by atoms with van der Waals surface area (Å²) in [6.45, 7) is 3.79. The lowest BCUT2D eigenvalue weighted by Gasteiger charge is -2.36. The van der Waals surface area contributed by atoms with Crippen LogP contribution in [0.15, 0.2) is 66.9 Å². The number of benzene rings is 2. The van der Waals surface area contributed by atoms with Gasteiger partial charge in [0.25, 0.3) is 5.91 Å². The minimum Gasteiger partial charge on any atom is -0.383 e. The maximum atomic E-state index is 12.4. The standard InChI is InChI=1S/C22H24N6O/c23-20-19(21(29)24-15-17-7-3-1-4-8-17)16-25-22(26-20)28-13-11-27(12-14-28)18-9-5-2-6-10-18/h1-10,16H,11-15H2,(H,24,29)(H2,23,25,26). The van der Waals surface area contributed by atoms with Gasteiger partial charge in [0.05, 0.1) is 5.56 Å². The summed E-state index contributed by atoms with van der Waals surface area (Å²) >= 11 is 0. The number of hydrogen-bond donors (Lipinski definition) is 2. The van der Waals surface area contributed by atoms with Crippen molar-refractivity contribution < 1.29 is 4.79 Å². The minimum absolute atomic E-state index is 0.200. The summed E-state index contributed by atoms with van der Waals surface area (Å²) in [7, 11) is 0.